The zero-order valence-corrected chi connectivity index (χ0v) is 12.9. The molecule has 2 rings (SSSR count). The van der Waals surface area contributed by atoms with Crippen molar-refractivity contribution in [2.24, 2.45) is 4.99 Å². The predicted molar refractivity (Wildman–Crippen MR) is 85.0 cm³/mol. The summed E-state index contributed by atoms with van der Waals surface area (Å²) in [6.07, 6.45) is 6.60. The third-order valence-electron chi connectivity index (χ3n) is 3.76. The Morgan fingerprint density at radius 3 is 2.81 bits per heavy atom. The highest BCUT2D eigenvalue weighted by Crippen LogP contribution is 2.28. The number of aliphatic imine (C=N–C) groups is 1. The first-order chi connectivity index (χ1) is 10.1. The summed E-state index contributed by atoms with van der Waals surface area (Å²) < 4.78 is 18.7. The average Bonchev–Trinajstić information content (AvgIpc) is 2.96. The van der Waals surface area contributed by atoms with Crippen molar-refractivity contribution in [1.82, 2.24) is 4.90 Å². The van der Waals surface area contributed by atoms with Crippen molar-refractivity contribution >= 4 is 11.3 Å². The molecule has 0 saturated heterocycles. The van der Waals surface area contributed by atoms with Gasteiger partial charge in [-0.25, -0.2) is 4.39 Å². The quantitative estimate of drug-likeness (QED) is 0.821. The lowest BCUT2D eigenvalue weighted by atomic mass is 10.00. The second kappa shape index (κ2) is 6.57. The number of benzene rings is 1. The first-order valence-electron chi connectivity index (χ1n) is 7.01. The zero-order valence-electron chi connectivity index (χ0n) is 12.9. The smallest absolute Gasteiger partial charge is 0.165 e. The van der Waals surface area contributed by atoms with Gasteiger partial charge in [-0.2, -0.15) is 0 Å². The second-order valence-corrected chi connectivity index (χ2v) is 5.12. The number of allylic oxidation sites excluding steroid dienone is 2. The lowest BCUT2D eigenvalue weighted by Crippen LogP contribution is -2.31. The molecule has 4 heteroatoms. The molecule has 0 aliphatic carbocycles. The fourth-order valence-electron chi connectivity index (χ4n) is 2.34. The van der Waals surface area contributed by atoms with Gasteiger partial charge in [-0.1, -0.05) is 12.1 Å². The first-order valence-corrected chi connectivity index (χ1v) is 7.01. The lowest BCUT2D eigenvalue weighted by molar-refractivity contribution is 0.386. The van der Waals surface area contributed by atoms with E-state index in [0.717, 1.165) is 23.3 Å². The third-order valence-corrected chi connectivity index (χ3v) is 3.76. The van der Waals surface area contributed by atoms with Gasteiger partial charge in [0.2, 0.25) is 0 Å². The third kappa shape index (κ3) is 3.32. The van der Waals surface area contributed by atoms with Crippen LogP contribution in [0.4, 0.5) is 4.39 Å². The van der Waals surface area contributed by atoms with Gasteiger partial charge in [-0.3, -0.25) is 4.99 Å². The fourth-order valence-corrected chi connectivity index (χ4v) is 2.34. The van der Waals surface area contributed by atoms with Crippen molar-refractivity contribution in [2.75, 3.05) is 14.2 Å². The zero-order chi connectivity index (χ0) is 15.4. The minimum absolute atomic E-state index is 0.220. The Morgan fingerprint density at radius 2 is 2.19 bits per heavy atom. The van der Waals surface area contributed by atoms with E-state index in [-0.39, 0.29) is 17.6 Å². The van der Waals surface area contributed by atoms with Crippen molar-refractivity contribution in [1.29, 1.82) is 0 Å². The van der Waals surface area contributed by atoms with Gasteiger partial charge >= 0.3 is 0 Å². The van der Waals surface area contributed by atoms with Crippen LogP contribution < -0.4 is 4.74 Å². The van der Waals surface area contributed by atoms with E-state index in [2.05, 4.69) is 16.8 Å². The van der Waals surface area contributed by atoms with Crippen molar-refractivity contribution in [3.05, 3.63) is 48.1 Å². The van der Waals surface area contributed by atoms with Gasteiger partial charge in [0.05, 0.1) is 13.2 Å². The van der Waals surface area contributed by atoms with Gasteiger partial charge in [0, 0.05) is 25.4 Å². The number of methoxy groups -OCH3 is 1. The highest BCUT2D eigenvalue weighted by molar-refractivity contribution is 6.01. The van der Waals surface area contributed by atoms with E-state index in [0.29, 0.717) is 0 Å². The molecule has 0 radical (unpaired) electrons. The molecule has 1 aliphatic heterocycles. The monoisotopic (exact) mass is 288 g/mol. The van der Waals surface area contributed by atoms with Crippen LogP contribution in [0.3, 0.4) is 0 Å². The molecule has 1 aromatic carbocycles. The van der Waals surface area contributed by atoms with E-state index in [4.69, 9.17) is 4.74 Å². The normalized spacial score (nSPS) is 15.9. The number of rotatable bonds is 5. The van der Waals surface area contributed by atoms with Crippen LogP contribution in [-0.2, 0) is 0 Å². The Balaban J connectivity index is 2.09. The summed E-state index contributed by atoms with van der Waals surface area (Å²) in [7, 11) is 3.49. The summed E-state index contributed by atoms with van der Waals surface area (Å²) >= 11 is 0. The van der Waals surface area contributed by atoms with Crippen molar-refractivity contribution < 1.29 is 9.13 Å². The number of hydrogen-bond acceptors (Lipinski definition) is 3. The highest BCUT2D eigenvalue weighted by atomic mass is 19.1. The van der Waals surface area contributed by atoms with Crippen LogP contribution in [0.25, 0.3) is 5.57 Å². The Kier molecular flexibility index (Phi) is 4.78. The van der Waals surface area contributed by atoms with Gasteiger partial charge in [0.25, 0.3) is 0 Å². The minimum atomic E-state index is -0.344. The standard InChI is InChI=1S/C17H21FN2O/c1-5-8-20(3)12(2)16-10-14(11-19-16)13-6-7-17(21-4)15(18)9-13/h5-9,11-12H,10H2,1-4H3/b8-5-. The van der Waals surface area contributed by atoms with E-state index in [1.807, 2.05) is 38.5 Å². The highest BCUT2D eigenvalue weighted by Gasteiger charge is 2.20. The molecule has 3 nitrogen and oxygen atoms in total. The molecule has 1 aromatic rings. The molecular weight excluding hydrogens is 267 g/mol. The van der Waals surface area contributed by atoms with Gasteiger partial charge < -0.3 is 9.64 Å². The summed E-state index contributed by atoms with van der Waals surface area (Å²) in [5.74, 6) is -0.0805. The molecular formula is C17H21FN2O. The van der Waals surface area contributed by atoms with Gasteiger partial charge in [0.15, 0.2) is 11.6 Å². The van der Waals surface area contributed by atoms with E-state index in [1.165, 1.54) is 13.2 Å². The maximum atomic E-state index is 13.8. The van der Waals surface area contributed by atoms with Crippen molar-refractivity contribution in [3.8, 4) is 5.75 Å². The van der Waals surface area contributed by atoms with Crippen LogP contribution in [-0.4, -0.2) is 30.8 Å². The molecule has 0 amide bonds. The molecule has 0 saturated carbocycles. The fraction of sp³-hybridized carbons (Fsp3) is 0.353. The molecule has 21 heavy (non-hydrogen) atoms. The summed E-state index contributed by atoms with van der Waals surface area (Å²) in [4.78, 5) is 6.61. The maximum absolute atomic E-state index is 13.8. The van der Waals surface area contributed by atoms with Crippen LogP contribution >= 0.6 is 0 Å². The number of nitrogens with zero attached hydrogens (tertiary/aromatic N) is 2. The molecule has 0 bridgehead atoms. The molecule has 1 atom stereocenters. The molecule has 1 unspecified atom stereocenters. The molecule has 0 fully saturated rings. The van der Waals surface area contributed by atoms with E-state index >= 15 is 0 Å². The van der Waals surface area contributed by atoms with E-state index < -0.39 is 0 Å². The summed E-state index contributed by atoms with van der Waals surface area (Å²) in [5, 5.41) is 0. The molecule has 0 spiro atoms. The Bertz CT molecular complexity index is 605. The summed E-state index contributed by atoms with van der Waals surface area (Å²) in [5.41, 5.74) is 2.97. The summed E-state index contributed by atoms with van der Waals surface area (Å²) in [6.45, 7) is 4.10. The Hall–Kier alpha value is -2.10. The molecule has 0 N–H and O–H groups in total. The Morgan fingerprint density at radius 1 is 1.43 bits per heavy atom. The predicted octanol–water partition coefficient (Wildman–Crippen LogP) is 3.87. The molecule has 0 aromatic heterocycles. The first kappa shape index (κ1) is 15.3. The molecule has 112 valence electrons. The van der Waals surface area contributed by atoms with Gasteiger partial charge in [-0.05, 0) is 43.3 Å². The van der Waals surface area contributed by atoms with Crippen molar-refractivity contribution in [3.63, 3.8) is 0 Å². The second-order valence-electron chi connectivity index (χ2n) is 5.12. The molecule has 1 aliphatic rings. The summed E-state index contributed by atoms with van der Waals surface area (Å²) in [6, 6.07) is 5.24. The number of ether oxygens (including phenoxy) is 1. The number of hydrogen-bond donors (Lipinski definition) is 0. The SMILES string of the molecule is C/C=C\N(C)C(C)C1=NC=C(c2ccc(OC)c(F)c2)C1. The maximum Gasteiger partial charge on any atom is 0.165 e. The van der Waals surface area contributed by atoms with Crippen LogP contribution in [0.1, 0.15) is 25.8 Å². The van der Waals surface area contributed by atoms with Crippen LogP contribution in [0.15, 0.2) is 41.7 Å². The van der Waals surface area contributed by atoms with E-state index in [1.54, 1.807) is 6.07 Å². The Labute approximate surface area is 125 Å². The van der Waals surface area contributed by atoms with Crippen molar-refractivity contribution in [2.45, 2.75) is 26.3 Å². The minimum Gasteiger partial charge on any atom is -0.494 e. The topological polar surface area (TPSA) is 24.8 Å². The average molecular weight is 288 g/mol. The van der Waals surface area contributed by atoms with Crippen LogP contribution in [0.5, 0.6) is 5.75 Å². The van der Waals surface area contributed by atoms with Crippen LogP contribution in [0, 0.1) is 5.82 Å². The van der Waals surface area contributed by atoms with Gasteiger partial charge in [-0.15, -0.1) is 0 Å². The largest absolute Gasteiger partial charge is 0.494 e. The number of halogens is 1. The lowest BCUT2D eigenvalue weighted by Gasteiger charge is -2.23. The van der Waals surface area contributed by atoms with Gasteiger partial charge in [0.1, 0.15) is 0 Å². The van der Waals surface area contributed by atoms with Crippen LogP contribution in [0.2, 0.25) is 0 Å². The van der Waals surface area contributed by atoms with E-state index in [9.17, 15) is 4.39 Å². The molecule has 1 heterocycles.